The molecule has 0 saturated heterocycles. The van der Waals surface area contributed by atoms with Crippen LogP contribution in [0.15, 0.2) is 28.9 Å². The minimum atomic E-state index is -0.101. The molecule has 1 nitrogen and oxygen atoms in total. The van der Waals surface area contributed by atoms with Crippen LogP contribution in [0, 0.1) is 5.92 Å². The fraction of sp³-hybridized carbons (Fsp3) is 0.565. The Hall–Kier alpha value is -0.786. The quantitative estimate of drug-likeness (QED) is 0.540. The molecule has 25 heavy (non-hydrogen) atoms. The van der Waals surface area contributed by atoms with Gasteiger partial charge in [0.1, 0.15) is 5.75 Å². The predicted molar refractivity (Wildman–Crippen MR) is 106 cm³/mol. The Morgan fingerprint density at radius 3 is 1.72 bits per heavy atom. The van der Waals surface area contributed by atoms with Gasteiger partial charge in [-0.25, -0.2) is 0 Å². The zero-order valence-corrected chi connectivity index (χ0v) is 19.2. The smallest absolute Gasteiger partial charge is 0.127 e. The van der Waals surface area contributed by atoms with E-state index in [0.29, 0.717) is 11.7 Å². The van der Waals surface area contributed by atoms with E-state index in [4.69, 9.17) is 0 Å². The maximum absolute atomic E-state index is 11.3. The third-order valence-corrected chi connectivity index (χ3v) is 5.67. The number of phenolic OH excluding ortho intramolecular Hbond substituents is 1. The average Bonchev–Trinajstić information content (AvgIpc) is 2.61. The van der Waals surface area contributed by atoms with Crippen LogP contribution >= 0.6 is 0 Å². The van der Waals surface area contributed by atoms with Gasteiger partial charge in [-0.1, -0.05) is 66.2 Å². The van der Waals surface area contributed by atoms with Gasteiger partial charge in [0, 0.05) is 38.8 Å². The Bertz CT molecular complexity index is 737. The normalized spacial score (nSPS) is 18.7. The average molecular weight is 374 g/mol. The molecule has 1 atom stereocenters. The van der Waals surface area contributed by atoms with Gasteiger partial charge in [0.15, 0.2) is 0 Å². The van der Waals surface area contributed by atoms with Gasteiger partial charge in [0.05, 0.1) is 0 Å². The van der Waals surface area contributed by atoms with Gasteiger partial charge in [0.2, 0.25) is 0 Å². The molecule has 1 unspecified atom stereocenters. The molecule has 0 aliphatic heterocycles. The number of rotatable bonds is 1. The zero-order valence-electron chi connectivity index (χ0n) is 17.7. The minimum Gasteiger partial charge on any atom is -0.507 e. The number of aromatic hydroxyl groups is 1. The molecule has 0 heterocycles. The second-order valence-corrected chi connectivity index (χ2v) is 9.45. The first kappa shape index (κ1) is 22.3. The van der Waals surface area contributed by atoms with Crippen molar-refractivity contribution in [2.75, 3.05) is 0 Å². The first-order valence-corrected chi connectivity index (χ1v) is 9.04. The summed E-state index contributed by atoms with van der Waals surface area (Å²) in [6.45, 7) is 22.1. The number of allylic oxidation sites excluding steroid dienone is 4. The van der Waals surface area contributed by atoms with Crippen molar-refractivity contribution in [2.24, 2.45) is 5.92 Å². The van der Waals surface area contributed by atoms with Gasteiger partial charge in [-0.15, -0.1) is 0 Å². The molecule has 1 N–H and O–H groups in total. The summed E-state index contributed by atoms with van der Waals surface area (Å²) >= 11 is 0. The first-order valence-electron chi connectivity index (χ1n) is 9.04. The van der Waals surface area contributed by atoms with Crippen LogP contribution in [-0.2, 0) is 32.5 Å². The molecule has 2 rings (SSSR count). The number of hydrogen-bond donors (Lipinski definition) is 1. The third-order valence-electron chi connectivity index (χ3n) is 5.67. The Morgan fingerprint density at radius 1 is 0.840 bits per heavy atom. The van der Waals surface area contributed by atoms with Crippen LogP contribution in [-0.4, -0.2) is 5.11 Å². The molecular weight excluding hydrogens is 340 g/mol. The number of benzene rings is 1. The Balaban J connectivity index is 0.00000312. The molecule has 1 aliphatic rings. The maximum Gasteiger partial charge on any atom is 0.127 e. The van der Waals surface area contributed by atoms with Crippen LogP contribution in [0.3, 0.4) is 0 Å². The van der Waals surface area contributed by atoms with Gasteiger partial charge in [-0.05, 0) is 53.9 Å². The van der Waals surface area contributed by atoms with E-state index in [-0.39, 0.29) is 32.5 Å². The topological polar surface area (TPSA) is 20.2 Å². The van der Waals surface area contributed by atoms with E-state index in [2.05, 4.69) is 81.4 Å². The van der Waals surface area contributed by atoms with Gasteiger partial charge in [0.25, 0.3) is 0 Å². The van der Waals surface area contributed by atoms with Crippen molar-refractivity contribution in [1.82, 2.24) is 0 Å². The van der Waals surface area contributed by atoms with E-state index >= 15 is 0 Å². The summed E-state index contributed by atoms with van der Waals surface area (Å²) in [4.78, 5) is 0. The van der Waals surface area contributed by atoms with Crippen molar-refractivity contribution in [2.45, 2.75) is 80.1 Å². The van der Waals surface area contributed by atoms with E-state index in [9.17, 15) is 5.11 Å². The largest absolute Gasteiger partial charge is 0.507 e. The molecule has 2 heteroatoms. The first-order chi connectivity index (χ1) is 10.8. The molecule has 0 amide bonds. The van der Waals surface area contributed by atoms with Gasteiger partial charge >= 0.3 is 0 Å². The van der Waals surface area contributed by atoms with Crippen LogP contribution < -0.4 is 0 Å². The Labute approximate surface area is 169 Å². The van der Waals surface area contributed by atoms with Crippen LogP contribution in [0.1, 0.15) is 85.9 Å². The standard InChI is InChI=1S/C23H34O.Ti/c1-13-14(2)16(4)19(15(13)3)17-11-12-18(22(5,6)7)20(21(17)24)23(8,9)10;/h11-12,15,24H,1-10H3;. The van der Waals surface area contributed by atoms with Gasteiger partial charge in [-0.3, -0.25) is 0 Å². The van der Waals surface area contributed by atoms with Crippen molar-refractivity contribution in [3.63, 3.8) is 0 Å². The summed E-state index contributed by atoms with van der Waals surface area (Å²) in [5, 5.41) is 11.3. The van der Waals surface area contributed by atoms with Gasteiger partial charge in [-0.2, -0.15) is 0 Å². The van der Waals surface area contributed by atoms with Crippen molar-refractivity contribution < 1.29 is 26.8 Å². The van der Waals surface area contributed by atoms with E-state index in [0.717, 1.165) is 11.1 Å². The molecular formula is C23H34OTi. The molecule has 1 aliphatic carbocycles. The molecule has 1 aromatic rings. The predicted octanol–water partition coefficient (Wildman–Crippen LogP) is 6.74. The van der Waals surface area contributed by atoms with Crippen molar-refractivity contribution in [3.05, 3.63) is 45.5 Å². The monoisotopic (exact) mass is 374 g/mol. The minimum absolute atomic E-state index is 0. The van der Waals surface area contributed by atoms with Crippen molar-refractivity contribution in [1.29, 1.82) is 0 Å². The molecule has 0 bridgehead atoms. The SMILES string of the molecule is CC1=C(C)C(C)C(c2ccc(C(C)(C)C)c(C(C)(C)C)c2O)=C1C.[Ti]. The van der Waals surface area contributed by atoms with Crippen LogP contribution in [0.4, 0.5) is 0 Å². The third kappa shape index (κ3) is 3.83. The summed E-state index contributed by atoms with van der Waals surface area (Å²) in [5.74, 6) is 0.836. The van der Waals surface area contributed by atoms with Crippen LogP contribution in [0.2, 0.25) is 0 Å². The molecule has 0 radical (unpaired) electrons. The second kappa shape index (κ2) is 7.08. The van der Waals surface area contributed by atoms with Gasteiger partial charge < -0.3 is 5.11 Å². The summed E-state index contributed by atoms with van der Waals surface area (Å²) in [5.41, 5.74) is 8.63. The van der Waals surface area contributed by atoms with Crippen LogP contribution in [0.5, 0.6) is 5.75 Å². The van der Waals surface area contributed by atoms with E-state index in [1.54, 1.807) is 0 Å². The molecule has 1 aromatic carbocycles. The Kier molecular flexibility index (Phi) is 6.31. The molecule has 0 fully saturated rings. The van der Waals surface area contributed by atoms with E-state index in [1.165, 1.54) is 27.9 Å². The van der Waals surface area contributed by atoms with E-state index < -0.39 is 0 Å². The summed E-state index contributed by atoms with van der Waals surface area (Å²) in [6, 6.07) is 4.36. The summed E-state index contributed by atoms with van der Waals surface area (Å²) < 4.78 is 0. The summed E-state index contributed by atoms with van der Waals surface area (Å²) in [7, 11) is 0. The van der Waals surface area contributed by atoms with E-state index in [1.807, 2.05) is 0 Å². The fourth-order valence-corrected chi connectivity index (χ4v) is 3.99. The van der Waals surface area contributed by atoms with Crippen molar-refractivity contribution in [3.8, 4) is 5.75 Å². The Morgan fingerprint density at radius 2 is 1.36 bits per heavy atom. The fourth-order valence-electron chi connectivity index (χ4n) is 3.99. The molecule has 0 saturated carbocycles. The molecule has 136 valence electrons. The zero-order chi connectivity index (χ0) is 18.6. The molecule has 0 spiro atoms. The maximum atomic E-state index is 11.3. The second-order valence-electron chi connectivity index (χ2n) is 9.45. The molecule has 0 aromatic heterocycles. The number of hydrogen-bond acceptors (Lipinski definition) is 1. The van der Waals surface area contributed by atoms with Crippen molar-refractivity contribution >= 4 is 5.57 Å². The van der Waals surface area contributed by atoms with Crippen LogP contribution in [0.25, 0.3) is 5.57 Å². The summed E-state index contributed by atoms with van der Waals surface area (Å²) in [6.07, 6.45) is 0. The number of phenols is 1.